The van der Waals surface area contributed by atoms with Crippen LogP contribution in [0.4, 0.5) is 13.2 Å². The van der Waals surface area contributed by atoms with E-state index >= 15 is 0 Å². The van der Waals surface area contributed by atoms with Crippen molar-refractivity contribution in [3.8, 4) is 0 Å². The van der Waals surface area contributed by atoms with Gasteiger partial charge in [-0.1, -0.05) is 13.3 Å². The molecule has 2 nitrogen and oxygen atoms in total. The number of nitrogens with one attached hydrogen (secondary N) is 1. The Bertz CT molecular complexity index is 285. The van der Waals surface area contributed by atoms with Crippen LogP contribution in [0.3, 0.4) is 0 Å². The molecule has 2 aliphatic heterocycles. The van der Waals surface area contributed by atoms with Gasteiger partial charge < -0.3 is 10.2 Å². The number of alkyl halides is 3. The highest BCUT2D eigenvalue weighted by Gasteiger charge is 2.43. The van der Waals surface area contributed by atoms with Gasteiger partial charge in [0.05, 0.1) is 5.92 Å². The fourth-order valence-electron chi connectivity index (χ4n) is 3.67. The SMILES string of the molecule is CCCC1(CN2CCCC(C(F)(F)F)C2)CCCN1. The molecule has 0 radical (unpaired) electrons. The molecule has 2 fully saturated rings. The van der Waals surface area contributed by atoms with E-state index < -0.39 is 12.1 Å². The Labute approximate surface area is 113 Å². The number of halogens is 3. The molecule has 2 saturated heterocycles. The smallest absolute Gasteiger partial charge is 0.310 e. The van der Waals surface area contributed by atoms with Crippen molar-refractivity contribution < 1.29 is 13.2 Å². The molecule has 2 heterocycles. The van der Waals surface area contributed by atoms with Gasteiger partial charge in [0.2, 0.25) is 0 Å². The number of piperidine rings is 1. The lowest BCUT2D eigenvalue weighted by molar-refractivity contribution is -0.187. The monoisotopic (exact) mass is 278 g/mol. The van der Waals surface area contributed by atoms with Crippen molar-refractivity contribution in [2.45, 2.75) is 57.2 Å². The Morgan fingerprint density at radius 2 is 2.11 bits per heavy atom. The predicted octanol–water partition coefficient (Wildman–Crippen LogP) is 3.18. The fraction of sp³-hybridized carbons (Fsp3) is 1.00. The van der Waals surface area contributed by atoms with Crippen molar-refractivity contribution in [1.29, 1.82) is 0 Å². The molecule has 0 aromatic carbocycles. The molecular weight excluding hydrogens is 253 g/mol. The van der Waals surface area contributed by atoms with Crippen molar-refractivity contribution in [2.24, 2.45) is 5.92 Å². The van der Waals surface area contributed by atoms with E-state index in [9.17, 15) is 13.2 Å². The number of hydrogen-bond acceptors (Lipinski definition) is 2. The van der Waals surface area contributed by atoms with Crippen molar-refractivity contribution in [3.63, 3.8) is 0 Å². The lowest BCUT2D eigenvalue weighted by Crippen LogP contribution is -2.53. The molecule has 0 spiro atoms. The molecule has 0 aromatic heterocycles. The van der Waals surface area contributed by atoms with Gasteiger partial charge in [0, 0.05) is 18.6 Å². The van der Waals surface area contributed by atoms with Crippen molar-refractivity contribution in [3.05, 3.63) is 0 Å². The molecule has 0 aliphatic carbocycles. The van der Waals surface area contributed by atoms with E-state index in [-0.39, 0.29) is 12.1 Å². The topological polar surface area (TPSA) is 15.3 Å². The zero-order chi connectivity index (χ0) is 13.9. The van der Waals surface area contributed by atoms with Crippen LogP contribution in [0.5, 0.6) is 0 Å². The second kappa shape index (κ2) is 6.00. The second-order valence-corrected chi connectivity index (χ2v) is 6.18. The van der Waals surface area contributed by atoms with Gasteiger partial charge in [-0.25, -0.2) is 0 Å². The average molecular weight is 278 g/mol. The van der Waals surface area contributed by atoms with E-state index in [1.807, 2.05) is 4.90 Å². The molecule has 2 unspecified atom stereocenters. The van der Waals surface area contributed by atoms with Gasteiger partial charge in [-0.05, 0) is 45.2 Å². The molecule has 0 bridgehead atoms. The number of rotatable bonds is 4. The van der Waals surface area contributed by atoms with Crippen LogP contribution in [0.1, 0.15) is 45.4 Å². The largest absolute Gasteiger partial charge is 0.393 e. The highest BCUT2D eigenvalue weighted by Crippen LogP contribution is 2.34. The van der Waals surface area contributed by atoms with Gasteiger partial charge in [-0.15, -0.1) is 0 Å². The first-order valence-electron chi connectivity index (χ1n) is 7.49. The minimum atomic E-state index is -4.03. The van der Waals surface area contributed by atoms with Crippen LogP contribution >= 0.6 is 0 Å². The van der Waals surface area contributed by atoms with Crippen molar-refractivity contribution >= 4 is 0 Å². The Balaban J connectivity index is 1.94. The zero-order valence-electron chi connectivity index (χ0n) is 11.7. The first-order valence-corrected chi connectivity index (χ1v) is 7.49. The first-order chi connectivity index (χ1) is 8.95. The van der Waals surface area contributed by atoms with E-state index in [4.69, 9.17) is 0 Å². The summed E-state index contributed by atoms with van der Waals surface area (Å²) < 4.78 is 38.5. The minimum Gasteiger partial charge on any atom is -0.310 e. The van der Waals surface area contributed by atoms with E-state index in [1.54, 1.807) is 0 Å². The molecule has 112 valence electrons. The van der Waals surface area contributed by atoms with Crippen LogP contribution in [-0.2, 0) is 0 Å². The van der Waals surface area contributed by atoms with Crippen LogP contribution in [-0.4, -0.2) is 42.8 Å². The molecule has 0 saturated carbocycles. The Morgan fingerprint density at radius 3 is 2.68 bits per heavy atom. The number of hydrogen-bond donors (Lipinski definition) is 1. The molecular formula is C14H25F3N2. The third-order valence-corrected chi connectivity index (χ3v) is 4.56. The first kappa shape index (κ1) is 15.1. The van der Waals surface area contributed by atoms with Crippen LogP contribution in [0, 0.1) is 5.92 Å². The summed E-state index contributed by atoms with van der Waals surface area (Å²) in [6.45, 7) is 4.96. The lowest BCUT2D eigenvalue weighted by atomic mass is 9.89. The number of likely N-dealkylation sites (tertiary alicyclic amines) is 1. The summed E-state index contributed by atoms with van der Waals surface area (Å²) in [6.07, 6.45) is 1.36. The van der Waals surface area contributed by atoms with Crippen LogP contribution in [0.2, 0.25) is 0 Å². The summed E-state index contributed by atoms with van der Waals surface area (Å²) in [5.74, 6) is -1.12. The fourth-order valence-corrected chi connectivity index (χ4v) is 3.67. The van der Waals surface area contributed by atoms with E-state index in [2.05, 4.69) is 12.2 Å². The Kier molecular flexibility index (Phi) is 4.77. The van der Waals surface area contributed by atoms with Crippen LogP contribution < -0.4 is 5.32 Å². The second-order valence-electron chi connectivity index (χ2n) is 6.18. The van der Waals surface area contributed by atoms with E-state index in [1.165, 1.54) is 0 Å². The maximum absolute atomic E-state index is 12.8. The third kappa shape index (κ3) is 3.85. The van der Waals surface area contributed by atoms with Gasteiger partial charge in [-0.3, -0.25) is 0 Å². The Hall–Kier alpha value is -0.290. The summed E-state index contributed by atoms with van der Waals surface area (Å²) in [7, 11) is 0. The summed E-state index contributed by atoms with van der Waals surface area (Å²) in [5, 5.41) is 3.55. The summed E-state index contributed by atoms with van der Waals surface area (Å²) in [6, 6.07) is 0. The van der Waals surface area contributed by atoms with Gasteiger partial charge in [0.15, 0.2) is 0 Å². The van der Waals surface area contributed by atoms with Crippen LogP contribution in [0.15, 0.2) is 0 Å². The minimum absolute atomic E-state index is 0.0717. The summed E-state index contributed by atoms with van der Waals surface area (Å²) in [5.41, 5.74) is 0.0717. The molecule has 19 heavy (non-hydrogen) atoms. The van der Waals surface area contributed by atoms with Crippen molar-refractivity contribution in [2.75, 3.05) is 26.2 Å². The molecule has 0 amide bonds. The normalized spacial score (nSPS) is 33.8. The summed E-state index contributed by atoms with van der Waals surface area (Å²) in [4.78, 5) is 2.04. The molecule has 2 atom stereocenters. The maximum Gasteiger partial charge on any atom is 0.393 e. The molecule has 0 aromatic rings. The molecule has 2 aliphatic rings. The standard InChI is InChI=1S/C14H25F3N2/c1-2-6-13(7-4-8-18-13)11-19-9-3-5-12(10-19)14(15,16)17/h12,18H,2-11H2,1H3. The highest BCUT2D eigenvalue weighted by atomic mass is 19.4. The number of nitrogens with zero attached hydrogens (tertiary/aromatic N) is 1. The molecule has 2 rings (SSSR count). The lowest BCUT2D eigenvalue weighted by Gasteiger charge is -2.40. The third-order valence-electron chi connectivity index (χ3n) is 4.56. The quantitative estimate of drug-likeness (QED) is 0.849. The van der Waals surface area contributed by atoms with Gasteiger partial charge >= 0.3 is 6.18 Å². The van der Waals surface area contributed by atoms with Gasteiger partial charge in [0.1, 0.15) is 0 Å². The van der Waals surface area contributed by atoms with Gasteiger partial charge in [-0.2, -0.15) is 13.2 Å². The van der Waals surface area contributed by atoms with E-state index in [0.29, 0.717) is 12.8 Å². The Morgan fingerprint density at radius 1 is 1.32 bits per heavy atom. The van der Waals surface area contributed by atoms with E-state index in [0.717, 1.165) is 45.3 Å². The highest BCUT2D eigenvalue weighted by molar-refractivity contribution is 4.96. The maximum atomic E-state index is 12.8. The summed E-state index contributed by atoms with van der Waals surface area (Å²) >= 11 is 0. The van der Waals surface area contributed by atoms with Gasteiger partial charge in [0.25, 0.3) is 0 Å². The molecule has 1 N–H and O–H groups in total. The molecule has 5 heteroatoms. The average Bonchev–Trinajstić information content (AvgIpc) is 2.77. The van der Waals surface area contributed by atoms with Crippen molar-refractivity contribution in [1.82, 2.24) is 10.2 Å². The zero-order valence-corrected chi connectivity index (χ0v) is 11.7. The predicted molar refractivity (Wildman–Crippen MR) is 70.1 cm³/mol. The van der Waals surface area contributed by atoms with Crippen LogP contribution in [0.25, 0.3) is 0 Å².